The topological polar surface area (TPSA) is 52.7 Å². The van der Waals surface area contributed by atoms with E-state index in [4.69, 9.17) is 46.4 Å². The molecular formula is C32H33Cl4N3O2. The van der Waals surface area contributed by atoms with E-state index in [1.165, 1.54) is 5.56 Å². The van der Waals surface area contributed by atoms with E-state index < -0.39 is 11.5 Å². The fourth-order valence-corrected chi connectivity index (χ4v) is 6.83. The Morgan fingerprint density at radius 1 is 0.927 bits per heavy atom. The second-order valence-electron chi connectivity index (χ2n) is 11.1. The van der Waals surface area contributed by atoms with Crippen molar-refractivity contribution in [3.63, 3.8) is 0 Å². The summed E-state index contributed by atoms with van der Waals surface area (Å²) in [6.07, 6.45) is 3.28. The van der Waals surface area contributed by atoms with Gasteiger partial charge in [-0.2, -0.15) is 0 Å². The van der Waals surface area contributed by atoms with Gasteiger partial charge in [-0.3, -0.25) is 14.5 Å². The van der Waals surface area contributed by atoms with Gasteiger partial charge in [0.15, 0.2) is 0 Å². The van der Waals surface area contributed by atoms with Gasteiger partial charge in [-0.05, 0) is 66.6 Å². The molecule has 0 aromatic heterocycles. The molecule has 1 atom stereocenters. The summed E-state index contributed by atoms with van der Waals surface area (Å²) in [7, 11) is 1.84. The van der Waals surface area contributed by atoms with E-state index in [1.807, 2.05) is 24.1 Å². The van der Waals surface area contributed by atoms with E-state index in [0.29, 0.717) is 32.9 Å². The smallest absolute Gasteiger partial charge is 0.245 e. The van der Waals surface area contributed by atoms with Crippen LogP contribution in [0.25, 0.3) is 0 Å². The molecule has 2 fully saturated rings. The minimum absolute atomic E-state index is 0.0789. The number of piperidine rings is 1. The monoisotopic (exact) mass is 631 g/mol. The Bertz CT molecular complexity index is 1410. The highest BCUT2D eigenvalue weighted by Crippen LogP contribution is 2.51. The standard InChI is InChI=1S/C32H33Cl4N3O2/c1-38(25-11-15-39(16-12-25)20-21-5-3-2-4-6-21)30(40)29(17-22-7-8-23(33)18-27(22)35)37-31(41)32(13-14-32)26-10-9-24(34)19-28(26)36/h2-10,18-19,25,29H,11-17,20H2,1H3,(H,37,41). The van der Waals surface area contributed by atoms with E-state index >= 15 is 0 Å². The van der Waals surface area contributed by atoms with Crippen LogP contribution in [0.4, 0.5) is 0 Å². The van der Waals surface area contributed by atoms with Crippen LogP contribution in [0.5, 0.6) is 0 Å². The zero-order chi connectivity index (χ0) is 29.1. The van der Waals surface area contributed by atoms with Gasteiger partial charge >= 0.3 is 0 Å². The zero-order valence-corrected chi connectivity index (χ0v) is 25.9. The van der Waals surface area contributed by atoms with Gasteiger partial charge in [0, 0.05) is 59.2 Å². The lowest BCUT2D eigenvalue weighted by atomic mass is 9.93. The molecule has 3 aromatic rings. The molecule has 1 saturated heterocycles. The zero-order valence-electron chi connectivity index (χ0n) is 22.9. The fourth-order valence-electron chi connectivity index (χ4n) is 5.76. The van der Waals surface area contributed by atoms with Gasteiger partial charge in [-0.15, -0.1) is 0 Å². The number of benzene rings is 3. The van der Waals surface area contributed by atoms with Crippen LogP contribution in [-0.4, -0.2) is 53.8 Å². The molecular weight excluding hydrogens is 600 g/mol. The predicted molar refractivity (Wildman–Crippen MR) is 167 cm³/mol. The van der Waals surface area contributed by atoms with Crippen molar-refractivity contribution < 1.29 is 9.59 Å². The quantitative estimate of drug-likeness (QED) is 0.272. The number of nitrogens with zero attached hydrogens (tertiary/aromatic N) is 2. The molecule has 5 nitrogen and oxygen atoms in total. The van der Waals surface area contributed by atoms with Crippen LogP contribution in [-0.2, 0) is 28.0 Å². The number of carbonyl (C=O) groups excluding carboxylic acids is 2. The van der Waals surface area contributed by atoms with Crippen molar-refractivity contribution in [2.45, 2.75) is 56.1 Å². The molecule has 0 spiro atoms. The summed E-state index contributed by atoms with van der Waals surface area (Å²) in [6, 6.07) is 20.1. The van der Waals surface area contributed by atoms with Crippen molar-refractivity contribution in [2.24, 2.45) is 0 Å². The first-order chi connectivity index (χ1) is 19.7. The second kappa shape index (κ2) is 12.9. The summed E-state index contributed by atoms with van der Waals surface area (Å²) in [6.45, 7) is 2.69. The summed E-state index contributed by atoms with van der Waals surface area (Å²) in [5.41, 5.74) is 1.99. The number of amides is 2. The molecule has 1 N–H and O–H groups in total. The van der Waals surface area contributed by atoms with Crippen LogP contribution in [0, 0.1) is 0 Å². The molecule has 2 aliphatic rings. The number of carbonyl (C=O) groups is 2. The Morgan fingerprint density at radius 3 is 2.17 bits per heavy atom. The highest BCUT2D eigenvalue weighted by atomic mass is 35.5. The van der Waals surface area contributed by atoms with Gasteiger partial charge in [0.1, 0.15) is 6.04 Å². The number of likely N-dealkylation sites (tertiary alicyclic amines) is 1. The molecule has 1 heterocycles. The van der Waals surface area contributed by atoms with Crippen LogP contribution in [0.3, 0.4) is 0 Å². The van der Waals surface area contributed by atoms with Gasteiger partial charge in [-0.1, -0.05) is 88.9 Å². The second-order valence-corrected chi connectivity index (χ2v) is 12.8. The first kappa shape index (κ1) is 30.2. The fraction of sp³-hybridized carbons (Fsp3) is 0.375. The molecule has 41 heavy (non-hydrogen) atoms. The molecule has 1 aliphatic carbocycles. The van der Waals surface area contributed by atoms with Crippen molar-refractivity contribution in [1.29, 1.82) is 0 Å². The highest BCUT2D eigenvalue weighted by Gasteiger charge is 2.53. The predicted octanol–water partition coefficient (Wildman–Crippen LogP) is 7.18. The van der Waals surface area contributed by atoms with Gasteiger partial charge in [-0.25, -0.2) is 0 Å². The summed E-state index contributed by atoms with van der Waals surface area (Å²) in [5, 5.41) is 5.03. The Kier molecular flexibility index (Phi) is 9.52. The molecule has 2 amide bonds. The Labute approximate surface area is 261 Å². The summed E-state index contributed by atoms with van der Waals surface area (Å²) >= 11 is 25.2. The number of halogens is 4. The average Bonchev–Trinajstić information content (AvgIpc) is 3.76. The van der Waals surface area contributed by atoms with E-state index in [1.54, 1.807) is 30.3 Å². The SMILES string of the molecule is CN(C(=O)C(Cc1ccc(Cl)cc1Cl)NC(=O)C1(c2ccc(Cl)cc2Cl)CC1)C1CCN(Cc2ccccc2)CC1. The molecule has 3 aromatic carbocycles. The molecule has 1 unspecified atom stereocenters. The lowest BCUT2D eigenvalue weighted by Crippen LogP contribution is -2.54. The molecule has 1 aliphatic heterocycles. The minimum atomic E-state index is -0.794. The third-order valence-corrected chi connectivity index (χ3v) is 9.51. The molecule has 9 heteroatoms. The van der Waals surface area contributed by atoms with E-state index in [-0.39, 0.29) is 24.3 Å². The van der Waals surface area contributed by atoms with Crippen LogP contribution in [0.15, 0.2) is 66.7 Å². The minimum Gasteiger partial charge on any atom is -0.343 e. The molecule has 5 rings (SSSR count). The van der Waals surface area contributed by atoms with Crippen molar-refractivity contribution >= 4 is 58.2 Å². The normalized spacial score (nSPS) is 17.6. The molecule has 0 bridgehead atoms. The maximum Gasteiger partial charge on any atom is 0.245 e. The summed E-state index contributed by atoms with van der Waals surface area (Å²) < 4.78 is 0. The van der Waals surface area contributed by atoms with Crippen LogP contribution < -0.4 is 5.32 Å². The van der Waals surface area contributed by atoms with Crippen molar-refractivity contribution in [3.05, 3.63) is 104 Å². The van der Waals surface area contributed by atoms with Crippen molar-refractivity contribution in [2.75, 3.05) is 20.1 Å². The molecule has 1 saturated carbocycles. The van der Waals surface area contributed by atoms with Gasteiger partial charge in [0.25, 0.3) is 0 Å². The summed E-state index contributed by atoms with van der Waals surface area (Å²) in [4.78, 5) is 32.0. The van der Waals surface area contributed by atoms with Crippen molar-refractivity contribution in [1.82, 2.24) is 15.1 Å². The lowest BCUT2D eigenvalue weighted by Gasteiger charge is -2.38. The number of hydrogen-bond donors (Lipinski definition) is 1. The largest absolute Gasteiger partial charge is 0.343 e. The maximum atomic E-state index is 14.0. The van der Waals surface area contributed by atoms with Crippen LogP contribution in [0.2, 0.25) is 20.1 Å². The Morgan fingerprint density at radius 2 is 1.56 bits per heavy atom. The Balaban J connectivity index is 1.31. The number of hydrogen-bond acceptors (Lipinski definition) is 3. The Hall–Kier alpha value is -2.28. The number of rotatable bonds is 9. The molecule has 0 radical (unpaired) electrons. The maximum absolute atomic E-state index is 14.0. The van der Waals surface area contributed by atoms with E-state index in [0.717, 1.165) is 43.6 Å². The van der Waals surface area contributed by atoms with Gasteiger partial charge in [0.2, 0.25) is 11.8 Å². The number of likely N-dealkylation sites (N-methyl/N-ethyl adjacent to an activating group) is 1. The van der Waals surface area contributed by atoms with Crippen molar-refractivity contribution in [3.8, 4) is 0 Å². The van der Waals surface area contributed by atoms with Gasteiger partial charge < -0.3 is 10.2 Å². The van der Waals surface area contributed by atoms with Crippen LogP contribution in [0.1, 0.15) is 42.4 Å². The van der Waals surface area contributed by atoms with E-state index in [2.05, 4.69) is 34.5 Å². The first-order valence-corrected chi connectivity index (χ1v) is 15.4. The third kappa shape index (κ3) is 7.03. The van der Waals surface area contributed by atoms with E-state index in [9.17, 15) is 9.59 Å². The van der Waals surface area contributed by atoms with Gasteiger partial charge in [0.05, 0.1) is 5.41 Å². The number of nitrogens with one attached hydrogen (secondary N) is 1. The lowest BCUT2D eigenvalue weighted by molar-refractivity contribution is -0.138. The molecule has 216 valence electrons. The third-order valence-electron chi connectivity index (χ3n) is 8.38. The summed E-state index contributed by atoms with van der Waals surface area (Å²) in [5.74, 6) is -0.347. The highest BCUT2D eigenvalue weighted by molar-refractivity contribution is 6.35. The average molecular weight is 633 g/mol. The van der Waals surface area contributed by atoms with Crippen LogP contribution >= 0.6 is 46.4 Å². The first-order valence-electron chi connectivity index (χ1n) is 13.9.